The number of benzene rings is 3. The molecule has 0 spiro atoms. The molecule has 2 atom stereocenters. The van der Waals surface area contributed by atoms with Gasteiger partial charge in [-0.1, -0.05) is 48.5 Å². The summed E-state index contributed by atoms with van der Waals surface area (Å²) in [5.41, 5.74) is 4.85. The topological polar surface area (TPSA) is 117 Å². The summed E-state index contributed by atoms with van der Waals surface area (Å²) in [6.07, 6.45) is 1.25. The van der Waals surface area contributed by atoms with Gasteiger partial charge in [-0.05, 0) is 55.0 Å². The van der Waals surface area contributed by atoms with Crippen molar-refractivity contribution < 1.29 is 28.7 Å². The Labute approximate surface area is 250 Å². The first-order chi connectivity index (χ1) is 20.7. The van der Waals surface area contributed by atoms with Gasteiger partial charge in [-0.15, -0.1) is 0 Å². The van der Waals surface area contributed by atoms with Crippen LogP contribution in [0.2, 0.25) is 0 Å². The Balaban J connectivity index is 1.52. The number of nitrogens with zero attached hydrogens (tertiary/aromatic N) is 1. The highest BCUT2D eigenvalue weighted by atomic mass is 16.6. The Kier molecular flexibility index (Phi) is 8.61. The highest BCUT2D eigenvalue weighted by molar-refractivity contribution is 6.04. The van der Waals surface area contributed by atoms with Crippen LogP contribution in [-0.4, -0.2) is 37.5 Å². The van der Waals surface area contributed by atoms with Gasteiger partial charge in [0.15, 0.2) is 17.3 Å². The summed E-state index contributed by atoms with van der Waals surface area (Å²) in [5.74, 6) is -0.471. The molecule has 1 aliphatic carbocycles. The first kappa shape index (κ1) is 29.6. The summed E-state index contributed by atoms with van der Waals surface area (Å²) in [4.78, 5) is 39.0. The van der Waals surface area contributed by atoms with Crippen LogP contribution in [0.15, 0.2) is 89.3 Å². The van der Waals surface area contributed by atoms with E-state index in [1.807, 2.05) is 48.5 Å². The maximum absolute atomic E-state index is 14.0. The maximum Gasteiger partial charge on any atom is 0.336 e. The number of nitro benzene ring substituents is 1. The molecule has 0 amide bonds. The minimum absolute atomic E-state index is 0.0703. The quantitative estimate of drug-likeness (QED) is 0.184. The number of esters is 1. The summed E-state index contributed by atoms with van der Waals surface area (Å²) in [6, 6.07) is 20.2. The number of nitro groups is 1. The van der Waals surface area contributed by atoms with Gasteiger partial charge >= 0.3 is 5.97 Å². The van der Waals surface area contributed by atoms with E-state index in [0.717, 1.165) is 11.1 Å². The second kappa shape index (κ2) is 12.5. The summed E-state index contributed by atoms with van der Waals surface area (Å²) < 4.78 is 16.6. The van der Waals surface area contributed by atoms with Gasteiger partial charge in [0.1, 0.15) is 0 Å². The number of methoxy groups -OCH3 is 2. The Morgan fingerprint density at radius 1 is 0.953 bits per heavy atom. The fourth-order valence-corrected chi connectivity index (χ4v) is 5.97. The highest BCUT2D eigenvalue weighted by Crippen LogP contribution is 2.47. The number of nitrogens with one attached hydrogen (secondary N) is 1. The van der Waals surface area contributed by atoms with E-state index in [2.05, 4.69) is 5.32 Å². The van der Waals surface area contributed by atoms with Crippen molar-refractivity contribution in [1.29, 1.82) is 0 Å². The Morgan fingerprint density at radius 3 is 2.37 bits per heavy atom. The van der Waals surface area contributed by atoms with Crippen LogP contribution in [0.25, 0.3) is 0 Å². The predicted octanol–water partition coefficient (Wildman–Crippen LogP) is 6.07. The van der Waals surface area contributed by atoms with E-state index in [9.17, 15) is 19.7 Å². The van der Waals surface area contributed by atoms with Gasteiger partial charge in [0.05, 0.1) is 31.3 Å². The molecule has 0 unspecified atom stereocenters. The normalized spacial score (nSPS) is 18.1. The zero-order valence-corrected chi connectivity index (χ0v) is 24.6. The van der Waals surface area contributed by atoms with Crippen molar-refractivity contribution in [3.8, 4) is 11.5 Å². The molecule has 222 valence electrons. The minimum Gasteiger partial charge on any atom is -0.493 e. The fraction of sp³-hybridized carbons (Fsp3) is 0.294. The first-order valence-electron chi connectivity index (χ1n) is 14.1. The van der Waals surface area contributed by atoms with Crippen molar-refractivity contribution in [2.75, 3.05) is 20.8 Å². The molecule has 3 aromatic rings. The smallest absolute Gasteiger partial charge is 0.336 e. The van der Waals surface area contributed by atoms with Gasteiger partial charge in [0, 0.05) is 47.4 Å². The molecule has 0 aromatic heterocycles. The van der Waals surface area contributed by atoms with Gasteiger partial charge in [0.2, 0.25) is 0 Å². The van der Waals surface area contributed by atoms with Crippen LogP contribution < -0.4 is 14.8 Å². The molecular weight excluding hydrogens is 548 g/mol. The number of hydrogen-bond acceptors (Lipinski definition) is 8. The van der Waals surface area contributed by atoms with Crippen molar-refractivity contribution >= 4 is 17.4 Å². The molecule has 2 aliphatic rings. The largest absolute Gasteiger partial charge is 0.493 e. The Hall–Kier alpha value is -4.92. The van der Waals surface area contributed by atoms with Crippen molar-refractivity contribution in [3.63, 3.8) is 0 Å². The van der Waals surface area contributed by atoms with Crippen LogP contribution >= 0.6 is 0 Å². The number of Topliss-reactive ketones (excluding diaryl/α,β-unsaturated/α-hetero) is 1. The monoisotopic (exact) mass is 582 g/mol. The molecule has 0 saturated heterocycles. The van der Waals surface area contributed by atoms with Crippen molar-refractivity contribution in [3.05, 3.63) is 122 Å². The van der Waals surface area contributed by atoms with Gasteiger partial charge in [-0.3, -0.25) is 14.9 Å². The lowest BCUT2D eigenvalue weighted by molar-refractivity contribution is -0.385. The Morgan fingerprint density at radius 2 is 1.67 bits per heavy atom. The number of rotatable bonds is 9. The lowest BCUT2D eigenvalue weighted by atomic mass is 9.71. The van der Waals surface area contributed by atoms with Gasteiger partial charge in [-0.2, -0.15) is 0 Å². The second-order valence-electron chi connectivity index (χ2n) is 10.8. The number of ketones is 1. The van der Waals surface area contributed by atoms with E-state index in [1.54, 1.807) is 40.2 Å². The third-order valence-corrected chi connectivity index (χ3v) is 8.16. The predicted molar refractivity (Wildman–Crippen MR) is 161 cm³/mol. The molecule has 43 heavy (non-hydrogen) atoms. The fourth-order valence-electron chi connectivity index (χ4n) is 5.97. The molecule has 0 fully saturated rings. The lowest BCUT2D eigenvalue weighted by Crippen LogP contribution is -2.36. The molecule has 0 saturated carbocycles. The number of allylic oxidation sites excluding steroid dienone is 3. The van der Waals surface area contributed by atoms with Crippen LogP contribution in [-0.2, 0) is 20.7 Å². The van der Waals surface area contributed by atoms with E-state index in [1.165, 1.54) is 6.07 Å². The van der Waals surface area contributed by atoms with E-state index in [0.29, 0.717) is 52.4 Å². The zero-order valence-electron chi connectivity index (χ0n) is 24.6. The van der Waals surface area contributed by atoms with Crippen molar-refractivity contribution in [1.82, 2.24) is 5.32 Å². The van der Waals surface area contributed by atoms with Crippen LogP contribution in [0.3, 0.4) is 0 Å². The summed E-state index contributed by atoms with van der Waals surface area (Å²) in [6.45, 7) is 3.59. The minimum atomic E-state index is -0.807. The van der Waals surface area contributed by atoms with E-state index < -0.39 is 16.8 Å². The zero-order chi connectivity index (χ0) is 30.7. The van der Waals surface area contributed by atoms with Crippen LogP contribution in [0.1, 0.15) is 53.9 Å². The molecule has 1 N–H and O–H groups in total. The number of dihydropyridines is 1. The standard InChI is InChI=1S/C34H34N2O7/c1-20-10-11-24(17-27(20)36(39)40)32-31(34(38)43-15-14-22-8-6-5-7-9-22)21(2)35-26-16-25(18-28(37)33(26)32)23-12-13-29(41-3)30(19-23)42-4/h5-13,17,19,25,32,35H,14-16,18H2,1-4H3/t25-,32-/m0/s1. The summed E-state index contributed by atoms with van der Waals surface area (Å²) in [5, 5.41) is 15.2. The van der Waals surface area contributed by atoms with E-state index in [-0.39, 0.29) is 36.0 Å². The highest BCUT2D eigenvalue weighted by Gasteiger charge is 2.42. The number of hydrogen-bond donors (Lipinski definition) is 1. The summed E-state index contributed by atoms with van der Waals surface area (Å²) in [7, 11) is 3.14. The van der Waals surface area contributed by atoms with Crippen molar-refractivity contribution in [2.24, 2.45) is 0 Å². The molecule has 9 nitrogen and oxygen atoms in total. The van der Waals surface area contributed by atoms with Gasteiger partial charge in [0.25, 0.3) is 5.69 Å². The number of ether oxygens (including phenoxy) is 3. The van der Waals surface area contributed by atoms with Crippen LogP contribution in [0, 0.1) is 17.0 Å². The molecule has 9 heteroatoms. The van der Waals surface area contributed by atoms with Crippen LogP contribution in [0.4, 0.5) is 5.69 Å². The Bertz CT molecular complexity index is 1640. The molecule has 1 heterocycles. The SMILES string of the molecule is COc1ccc([C@@H]2CC(=O)C3=C(C2)NC(C)=C(C(=O)OCCc2ccccc2)[C@@H]3c2ccc(C)c([N+](=O)[O-])c2)cc1OC. The van der Waals surface area contributed by atoms with E-state index >= 15 is 0 Å². The van der Waals surface area contributed by atoms with E-state index in [4.69, 9.17) is 14.2 Å². The lowest BCUT2D eigenvalue weighted by Gasteiger charge is -2.36. The van der Waals surface area contributed by atoms with Gasteiger partial charge in [-0.25, -0.2) is 4.79 Å². The second-order valence-corrected chi connectivity index (χ2v) is 10.8. The molecular formula is C34H34N2O7. The molecule has 3 aromatic carbocycles. The first-order valence-corrected chi connectivity index (χ1v) is 14.1. The third-order valence-electron chi connectivity index (χ3n) is 8.16. The van der Waals surface area contributed by atoms with Crippen molar-refractivity contribution in [2.45, 2.75) is 44.9 Å². The summed E-state index contributed by atoms with van der Waals surface area (Å²) >= 11 is 0. The maximum atomic E-state index is 14.0. The molecule has 1 aliphatic heterocycles. The average molecular weight is 583 g/mol. The molecule has 0 bridgehead atoms. The number of carbonyl (C=O) groups is 2. The average Bonchev–Trinajstić information content (AvgIpc) is 3.00. The molecule has 5 rings (SSSR count). The van der Waals surface area contributed by atoms with Gasteiger partial charge < -0.3 is 19.5 Å². The number of carbonyl (C=O) groups excluding carboxylic acids is 2. The number of aryl methyl sites for hydroxylation is 1. The third kappa shape index (κ3) is 6.02. The van der Waals surface area contributed by atoms with Crippen LogP contribution in [0.5, 0.6) is 11.5 Å². The molecule has 0 radical (unpaired) electrons.